The van der Waals surface area contributed by atoms with E-state index in [4.69, 9.17) is 29.6 Å². The minimum absolute atomic E-state index is 0.585. The second kappa shape index (κ2) is 7.12. The lowest BCUT2D eigenvalue weighted by atomic mass is 10.1. The van der Waals surface area contributed by atoms with Crippen molar-refractivity contribution in [2.45, 2.75) is 6.42 Å². The first-order chi connectivity index (χ1) is 9.65. The van der Waals surface area contributed by atoms with E-state index in [1.165, 1.54) is 0 Å². The second-order valence-corrected chi connectivity index (χ2v) is 5.16. The van der Waals surface area contributed by atoms with E-state index < -0.39 is 0 Å². The summed E-state index contributed by atoms with van der Waals surface area (Å²) in [7, 11) is 0. The molecule has 0 saturated carbocycles. The van der Waals surface area contributed by atoms with Crippen molar-refractivity contribution < 1.29 is 0 Å². The van der Waals surface area contributed by atoms with E-state index in [9.17, 15) is 0 Å². The van der Waals surface area contributed by atoms with Gasteiger partial charge >= 0.3 is 0 Å². The third-order valence-electron chi connectivity index (χ3n) is 2.81. The molecule has 0 aromatic heterocycles. The summed E-state index contributed by atoms with van der Waals surface area (Å²) in [5.74, 6) is 0. The summed E-state index contributed by atoms with van der Waals surface area (Å²) in [5.41, 5.74) is 8.38. The van der Waals surface area contributed by atoms with E-state index in [0.717, 1.165) is 34.9 Å². The average molecular weight is 306 g/mol. The highest BCUT2D eigenvalue weighted by Gasteiger charge is 2.00. The minimum Gasteiger partial charge on any atom is -0.399 e. The van der Waals surface area contributed by atoms with E-state index in [-0.39, 0.29) is 0 Å². The molecule has 104 valence electrons. The van der Waals surface area contributed by atoms with Crippen LogP contribution in [0.5, 0.6) is 0 Å². The molecular weight excluding hydrogens is 290 g/mol. The lowest BCUT2D eigenvalue weighted by Gasteiger charge is -2.11. The fraction of sp³-hybridized carbons (Fsp3) is 0.133. The molecule has 4 N–H and O–H groups in total. The van der Waals surface area contributed by atoms with Gasteiger partial charge in [-0.3, -0.25) is 0 Å². The van der Waals surface area contributed by atoms with E-state index in [2.05, 4.69) is 10.6 Å². The summed E-state index contributed by atoms with van der Waals surface area (Å²) in [6.07, 6.45) is 0.823. The van der Waals surface area contributed by atoms with Crippen molar-refractivity contribution >= 4 is 40.3 Å². The Morgan fingerprint density at radius 3 is 2.50 bits per heavy atom. The van der Waals surface area contributed by atoms with Gasteiger partial charge in [0, 0.05) is 22.9 Å². The molecule has 0 aliphatic heterocycles. The summed E-state index contributed by atoms with van der Waals surface area (Å²) < 4.78 is 0. The van der Waals surface area contributed by atoms with Crippen LogP contribution in [0.2, 0.25) is 5.02 Å². The quantitative estimate of drug-likeness (QED) is 0.598. The number of anilines is 2. The molecule has 20 heavy (non-hydrogen) atoms. The third kappa shape index (κ3) is 4.40. The zero-order valence-electron chi connectivity index (χ0n) is 10.9. The van der Waals surface area contributed by atoms with Crippen LogP contribution >= 0.6 is 23.8 Å². The first kappa shape index (κ1) is 14.6. The molecule has 0 amide bonds. The Labute approximate surface area is 129 Å². The molecule has 0 spiro atoms. The number of nitrogens with one attached hydrogen (secondary N) is 2. The highest BCUT2D eigenvalue weighted by Crippen LogP contribution is 2.15. The summed E-state index contributed by atoms with van der Waals surface area (Å²) in [5, 5.41) is 7.62. The highest BCUT2D eigenvalue weighted by molar-refractivity contribution is 7.80. The zero-order valence-corrected chi connectivity index (χ0v) is 12.5. The van der Waals surface area contributed by atoms with Crippen LogP contribution in [0.3, 0.4) is 0 Å². The zero-order chi connectivity index (χ0) is 14.4. The smallest absolute Gasteiger partial charge is 0.170 e. The van der Waals surface area contributed by atoms with Gasteiger partial charge in [-0.1, -0.05) is 29.8 Å². The molecule has 0 saturated heterocycles. The highest BCUT2D eigenvalue weighted by atomic mass is 35.5. The van der Waals surface area contributed by atoms with Crippen LogP contribution in [0.4, 0.5) is 11.4 Å². The van der Waals surface area contributed by atoms with Crippen LogP contribution in [0.1, 0.15) is 5.56 Å². The Morgan fingerprint density at radius 2 is 1.80 bits per heavy atom. The third-order valence-corrected chi connectivity index (χ3v) is 3.42. The van der Waals surface area contributed by atoms with Crippen molar-refractivity contribution in [3.05, 3.63) is 59.1 Å². The maximum atomic E-state index is 6.10. The van der Waals surface area contributed by atoms with Gasteiger partial charge in [0.25, 0.3) is 0 Å². The number of thiocarbonyl (C=S) groups is 1. The predicted molar refractivity (Wildman–Crippen MR) is 90.2 cm³/mol. The molecule has 0 aliphatic carbocycles. The summed E-state index contributed by atoms with van der Waals surface area (Å²) in [6, 6.07) is 15.2. The Bertz CT molecular complexity index is 584. The van der Waals surface area contributed by atoms with Crippen molar-refractivity contribution in [3.63, 3.8) is 0 Å². The molecule has 0 atom stereocenters. The largest absolute Gasteiger partial charge is 0.399 e. The van der Waals surface area contributed by atoms with Crippen LogP contribution in [0, 0.1) is 0 Å². The molecule has 2 aromatic carbocycles. The number of hydrogen-bond donors (Lipinski definition) is 3. The average Bonchev–Trinajstić information content (AvgIpc) is 2.43. The van der Waals surface area contributed by atoms with E-state index in [1.807, 2.05) is 48.5 Å². The van der Waals surface area contributed by atoms with Gasteiger partial charge in [-0.05, 0) is 54.5 Å². The van der Waals surface area contributed by atoms with E-state index in [0.29, 0.717) is 5.11 Å². The number of nitrogens with two attached hydrogens (primary N) is 1. The van der Waals surface area contributed by atoms with Gasteiger partial charge in [0.15, 0.2) is 5.11 Å². The summed E-state index contributed by atoms with van der Waals surface area (Å²) >= 11 is 11.3. The Kier molecular flexibility index (Phi) is 5.21. The second-order valence-electron chi connectivity index (χ2n) is 4.34. The standard InChI is InChI=1S/C15H16ClN3S/c16-14-4-2-1-3-11(14)9-10-18-15(20)19-13-7-5-12(17)6-8-13/h1-8H,9-10,17H2,(H2,18,19,20). The lowest BCUT2D eigenvalue weighted by molar-refractivity contribution is 0.873. The Balaban J connectivity index is 1.78. The fourth-order valence-corrected chi connectivity index (χ4v) is 2.20. The van der Waals surface area contributed by atoms with Gasteiger partial charge in [-0.15, -0.1) is 0 Å². The number of benzene rings is 2. The SMILES string of the molecule is Nc1ccc(NC(=S)NCCc2ccccc2Cl)cc1. The molecule has 0 unspecified atom stereocenters. The first-order valence-electron chi connectivity index (χ1n) is 6.29. The van der Waals surface area contributed by atoms with Gasteiger partial charge < -0.3 is 16.4 Å². The van der Waals surface area contributed by atoms with Gasteiger partial charge in [0.05, 0.1) is 0 Å². The number of hydrogen-bond acceptors (Lipinski definition) is 2. The monoisotopic (exact) mass is 305 g/mol. The maximum Gasteiger partial charge on any atom is 0.170 e. The van der Waals surface area contributed by atoms with Crippen molar-refractivity contribution in [1.29, 1.82) is 0 Å². The van der Waals surface area contributed by atoms with Crippen LogP contribution in [0.25, 0.3) is 0 Å². The molecule has 0 fully saturated rings. The lowest BCUT2D eigenvalue weighted by Crippen LogP contribution is -2.30. The van der Waals surface area contributed by atoms with Gasteiger partial charge in [0.1, 0.15) is 0 Å². The molecule has 2 rings (SSSR count). The van der Waals surface area contributed by atoms with Crippen LogP contribution in [-0.2, 0) is 6.42 Å². The fourth-order valence-electron chi connectivity index (χ4n) is 1.75. The molecule has 0 aliphatic rings. The van der Waals surface area contributed by atoms with Crippen LogP contribution in [0.15, 0.2) is 48.5 Å². The maximum absolute atomic E-state index is 6.10. The molecule has 0 radical (unpaired) electrons. The molecule has 2 aromatic rings. The predicted octanol–water partition coefficient (Wildman–Crippen LogP) is 3.45. The number of rotatable bonds is 4. The van der Waals surface area contributed by atoms with E-state index >= 15 is 0 Å². The number of halogens is 1. The molecule has 0 heterocycles. The molecular formula is C15H16ClN3S. The van der Waals surface area contributed by atoms with Gasteiger partial charge in [-0.25, -0.2) is 0 Å². The van der Waals surface area contributed by atoms with Gasteiger partial charge in [0.2, 0.25) is 0 Å². The molecule has 3 nitrogen and oxygen atoms in total. The van der Waals surface area contributed by atoms with Crippen LogP contribution < -0.4 is 16.4 Å². The number of nitrogen functional groups attached to an aromatic ring is 1. The normalized spacial score (nSPS) is 10.1. The van der Waals surface area contributed by atoms with Crippen molar-refractivity contribution in [1.82, 2.24) is 5.32 Å². The first-order valence-corrected chi connectivity index (χ1v) is 7.07. The summed E-state index contributed by atoms with van der Waals surface area (Å²) in [6.45, 7) is 0.727. The Hall–Kier alpha value is -1.78. The molecule has 0 bridgehead atoms. The Morgan fingerprint density at radius 1 is 1.10 bits per heavy atom. The van der Waals surface area contributed by atoms with Crippen LogP contribution in [-0.4, -0.2) is 11.7 Å². The topological polar surface area (TPSA) is 50.1 Å². The van der Waals surface area contributed by atoms with Crippen molar-refractivity contribution in [3.8, 4) is 0 Å². The van der Waals surface area contributed by atoms with Crippen molar-refractivity contribution in [2.24, 2.45) is 0 Å². The minimum atomic E-state index is 0.585. The van der Waals surface area contributed by atoms with Crippen molar-refractivity contribution in [2.75, 3.05) is 17.6 Å². The molecule has 5 heteroatoms. The van der Waals surface area contributed by atoms with E-state index in [1.54, 1.807) is 0 Å². The summed E-state index contributed by atoms with van der Waals surface area (Å²) in [4.78, 5) is 0. The van der Waals surface area contributed by atoms with Gasteiger partial charge in [-0.2, -0.15) is 0 Å².